The molecule has 1 fully saturated rings. The van der Waals surface area contributed by atoms with Gasteiger partial charge in [-0.05, 0) is 91.8 Å². The molecule has 1 saturated heterocycles. The van der Waals surface area contributed by atoms with Crippen LogP contribution in [0.25, 0.3) is 0 Å². The molecule has 19 heavy (non-hydrogen) atoms. The molecule has 0 atom stereocenters. The SMILES string of the molecule is Brc1ccc(I)cc1CNCCCN1CCCCC1. The van der Waals surface area contributed by atoms with Crippen LogP contribution in [0.1, 0.15) is 31.2 Å². The van der Waals surface area contributed by atoms with E-state index in [1.165, 1.54) is 58.9 Å². The summed E-state index contributed by atoms with van der Waals surface area (Å²) in [4.78, 5) is 2.60. The van der Waals surface area contributed by atoms with Crippen molar-refractivity contribution in [1.82, 2.24) is 10.2 Å². The monoisotopic (exact) mass is 436 g/mol. The maximum atomic E-state index is 3.61. The van der Waals surface area contributed by atoms with Gasteiger partial charge in [0.15, 0.2) is 0 Å². The maximum Gasteiger partial charge on any atom is 0.0220 e. The summed E-state index contributed by atoms with van der Waals surface area (Å²) in [5.41, 5.74) is 1.35. The second kappa shape index (κ2) is 8.60. The lowest BCUT2D eigenvalue weighted by Gasteiger charge is -2.26. The van der Waals surface area contributed by atoms with Crippen molar-refractivity contribution in [2.45, 2.75) is 32.2 Å². The summed E-state index contributed by atoms with van der Waals surface area (Å²) in [7, 11) is 0. The van der Waals surface area contributed by atoms with Gasteiger partial charge in [-0.25, -0.2) is 0 Å². The highest BCUT2D eigenvalue weighted by Crippen LogP contribution is 2.19. The normalized spacial score (nSPS) is 16.7. The molecule has 0 aliphatic carbocycles. The zero-order valence-corrected chi connectivity index (χ0v) is 15.0. The van der Waals surface area contributed by atoms with E-state index in [1.54, 1.807) is 0 Å². The Balaban J connectivity index is 1.62. The molecule has 2 rings (SSSR count). The van der Waals surface area contributed by atoms with E-state index in [0.717, 1.165) is 13.1 Å². The van der Waals surface area contributed by atoms with Crippen molar-refractivity contribution in [3.8, 4) is 0 Å². The quantitative estimate of drug-likeness (QED) is 0.535. The number of hydrogen-bond acceptors (Lipinski definition) is 2. The number of nitrogens with one attached hydrogen (secondary N) is 1. The van der Waals surface area contributed by atoms with E-state index in [0.29, 0.717) is 0 Å². The van der Waals surface area contributed by atoms with Crippen molar-refractivity contribution >= 4 is 38.5 Å². The van der Waals surface area contributed by atoms with Crippen molar-refractivity contribution in [2.24, 2.45) is 0 Å². The maximum absolute atomic E-state index is 3.61. The van der Waals surface area contributed by atoms with Crippen LogP contribution in [0.15, 0.2) is 22.7 Å². The van der Waals surface area contributed by atoms with Gasteiger partial charge in [-0.3, -0.25) is 0 Å². The Morgan fingerprint density at radius 1 is 1.21 bits per heavy atom. The standard InChI is InChI=1S/C15H22BrIN2/c16-15-6-5-14(17)11-13(15)12-18-7-4-10-19-8-2-1-3-9-19/h5-6,11,18H,1-4,7-10,12H2. The van der Waals surface area contributed by atoms with E-state index in [4.69, 9.17) is 0 Å². The topological polar surface area (TPSA) is 15.3 Å². The smallest absolute Gasteiger partial charge is 0.0220 e. The van der Waals surface area contributed by atoms with Crippen molar-refractivity contribution in [1.29, 1.82) is 0 Å². The van der Waals surface area contributed by atoms with Gasteiger partial charge in [0.05, 0.1) is 0 Å². The number of hydrogen-bond donors (Lipinski definition) is 1. The Morgan fingerprint density at radius 3 is 2.79 bits per heavy atom. The van der Waals surface area contributed by atoms with E-state index in [1.807, 2.05) is 0 Å². The highest BCUT2D eigenvalue weighted by atomic mass is 127. The zero-order chi connectivity index (χ0) is 13.5. The molecule has 106 valence electrons. The van der Waals surface area contributed by atoms with Gasteiger partial charge in [0.2, 0.25) is 0 Å². The molecule has 0 bridgehead atoms. The van der Waals surface area contributed by atoms with Gasteiger partial charge in [0.25, 0.3) is 0 Å². The fraction of sp³-hybridized carbons (Fsp3) is 0.600. The molecule has 1 N–H and O–H groups in total. The van der Waals surface area contributed by atoms with Gasteiger partial charge in [-0.15, -0.1) is 0 Å². The molecule has 1 heterocycles. The van der Waals surface area contributed by atoms with Crippen LogP contribution in [0.4, 0.5) is 0 Å². The zero-order valence-electron chi connectivity index (χ0n) is 11.3. The van der Waals surface area contributed by atoms with Crippen LogP contribution in [0.5, 0.6) is 0 Å². The number of benzene rings is 1. The van der Waals surface area contributed by atoms with Crippen LogP contribution in [-0.4, -0.2) is 31.1 Å². The Morgan fingerprint density at radius 2 is 2.00 bits per heavy atom. The first-order valence-electron chi connectivity index (χ1n) is 7.13. The third kappa shape index (κ3) is 5.69. The number of nitrogens with zero attached hydrogens (tertiary/aromatic N) is 1. The van der Waals surface area contributed by atoms with Crippen LogP contribution >= 0.6 is 38.5 Å². The van der Waals surface area contributed by atoms with Crippen LogP contribution in [-0.2, 0) is 6.54 Å². The fourth-order valence-corrected chi connectivity index (χ4v) is 3.46. The average molecular weight is 437 g/mol. The van der Waals surface area contributed by atoms with Gasteiger partial charge >= 0.3 is 0 Å². The molecule has 0 aromatic heterocycles. The summed E-state index contributed by atoms with van der Waals surface area (Å²) in [5.74, 6) is 0. The third-order valence-electron chi connectivity index (χ3n) is 3.60. The average Bonchev–Trinajstić information content (AvgIpc) is 2.43. The predicted molar refractivity (Wildman–Crippen MR) is 93.5 cm³/mol. The molecule has 0 amide bonds. The van der Waals surface area contributed by atoms with E-state index in [-0.39, 0.29) is 0 Å². The Hall–Kier alpha value is 0.350. The number of piperidine rings is 1. The lowest BCUT2D eigenvalue weighted by Crippen LogP contribution is -2.32. The first-order valence-corrected chi connectivity index (χ1v) is 9.00. The number of halogens is 2. The lowest BCUT2D eigenvalue weighted by atomic mass is 10.1. The molecule has 0 saturated carbocycles. The Bertz CT molecular complexity index is 392. The van der Waals surface area contributed by atoms with Gasteiger partial charge in [-0.2, -0.15) is 0 Å². The largest absolute Gasteiger partial charge is 0.313 e. The van der Waals surface area contributed by atoms with E-state index in [2.05, 4.69) is 66.9 Å². The van der Waals surface area contributed by atoms with Gasteiger partial charge in [0, 0.05) is 14.6 Å². The molecular formula is C15H22BrIN2. The number of rotatable bonds is 6. The third-order valence-corrected chi connectivity index (χ3v) is 5.04. The first kappa shape index (κ1) is 15.7. The van der Waals surface area contributed by atoms with Crippen LogP contribution in [0, 0.1) is 3.57 Å². The van der Waals surface area contributed by atoms with Crippen LogP contribution < -0.4 is 5.32 Å². The van der Waals surface area contributed by atoms with Crippen LogP contribution in [0.2, 0.25) is 0 Å². The summed E-state index contributed by atoms with van der Waals surface area (Å²) in [5, 5.41) is 3.55. The van der Waals surface area contributed by atoms with Gasteiger partial charge in [-0.1, -0.05) is 22.4 Å². The van der Waals surface area contributed by atoms with Crippen molar-refractivity contribution < 1.29 is 0 Å². The van der Waals surface area contributed by atoms with Gasteiger partial charge < -0.3 is 10.2 Å². The van der Waals surface area contributed by atoms with E-state index >= 15 is 0 Å². The molecular weight excluding hydrogens is 415 g/mol. The molecule has 0 radical (unpaired) electrons. The molecule has 1 aliphatic heterocycles. The van der Waals surface area contributed by atoms with Crippen molar-refractivity contribution in [3.63, 3.8) is 0 Å². The minimum absolute atomic E-state index is 0.956. The fourth-order valence-electron chi connectivity index (χ4n) is 2.51. The highest BCUT2D eigenvalue weighted by molar-refractivity contribution is 14.1. The minimum Gasteiger partial charge on any atom is -0.313 e. The summed E-state index contributed by atoms with van der Waals surface area (Å²) in [6, 6.07) is 6.50. The Kier molecular flexibility index (Phi) is 7.12. The number of likely N-dealkylation sites (tertiary alicyclic amines) is 1. The molecule has 2 nitrogen and oxygen atoms in total. The lowest BCUT2D eigenvalue weighted by molar-refractivity contribution is 0.225. The molecule has 4 heteroatoms. The molecule has 1 aromatic carbocycles. The summed E-state index contributed by atoms with van der Waals surface area (Å²) in [6.07, 6.45) is 5.46. The van der Waals surface area contributed by atoms with Gasteiger partial charge in [0.1, 0.15) is 0 Å². The molecule has 0 spiro atoms. The molecule has 1 aromatic rings. The summed E-state index contributed by atoms with van der Waals surface area (Å²) >= 11 is 5.98. The molecule has 0 unspecified atom stereocenters. The second-order valence-electron chi connectivity index (χ2n) is 5.17. The predicted octanol–water partition coefficient (Wildman–Crippen LogP) is 4.02. The van der Waals surface area contributed by atoms with Crippen molar-refractivity contribution in [2.75, 3.05) is 26.2 Å². The minimum atomic E-state index is 0.956. The highest BCUT2D eigenvalue weighted by Gasteiger charge is 2.08. The first-order chi connectivity index (χ1) is 9.25. The van der Waals surface area contributed by atoms with E-state index < -0.39 is 0 Å². The van der Waals surface area contributed by atoms with Crippen LogP contribution in [0.3, 0.4) is 0 Å². The van der Waals surface area contributed by atoms with Crippen molar-refractivity contribution in [3.05, 3.63) is 31.8 Å². The second-order valence-corrected chi connectivity index (χ2v) is 7.27. The summed E-state index contributed by atoms with van der Waals surface area (Å²) < 4.78 is 2.50. The Labute approximate surface area is 138 Å². The van der Waals surface area contributed by atoms with E-state index in [9.17, 15) is 0 Å². The summed E-state index contributed by atoms with van der Waals surface area (Å²) in [6.45, 7) is 5.93. The molecule has 1 aliphatic rings.